The quantitative estimate of drug-likeness (QED) is 0.320. The number of anilines is 3. The Morgan fingerprint density at radius 2 is 2.00 bits per heavy atom. The number of hydrogen-bond donors (Lipinski definition) is 1. The van der Waals surface area contributed by atoms with Crippen LogP contribution < -0.4 is 10.3 Å². The summed E-state index contributed by atoms with van der Waals surface area (Å²) in [6.45, 7) is 5.64. The lowest BCUT2D eigenvalue weighted by Crippen LogP contribution is -2.10. The van der Waals surface area contributed by atoms with Gasteiger partial charge in [-0.25, -0.2) is 15.0 Å². The molecule has 0 bridgehead atoms. The molecule has 29 heavy (non-hydrogen) atoms. The molecule has 0 saturated carbocycles. The number of nitrogens with zero attached hydrogens (tertiary/aromatic N) is 5. The molecule has 2 heterocycles. The van der Waals surface area contributed by atoms with Crippen LogP contribution in [0, 0.1) is 0 Å². The smallest absolute Gasteiger partial charge is 0.227 e. The number of hydrogen-bond acceptors (Lipinski definition) is 6. The van der Waals surface area contributed by atoms with Crippen LogP contribution in [0.15, 0.2) is 84.3 Å². The summed E-state index contributed by atoms with van der Waals surface area (Å²) in [4.78, 5) is 13.3. The van der Waals surface area contributed by atoms with Gasteiger partial charge >= 0.3 is 0 Å². The third-order valence-electron chi connectivity index (χ3n) is 3.92. The highest BCUT2D eigenvalue weighted by Gasteiger charge is 2.07. The number of allylic oxidation sites excluding steroid dienone is 3. The van der Waals surface area contributed by atoms with Gasteiger partial charge in [-0.2, -0.15) is 5.10 Å². The molecule has 0 saturated heterocycles. The molecule has 0 amide bonds. The lowest BCUT2D eigenvalue weighted by Gasteiger charge is -2.13. The fraction of sp³-hybridized carbons (Fsp3) is 0.0909. The van der Waals surface area contributed by atoms with Crippen molar-refractivity contribution in [1.29, 1.82) is 0 Å². The second-order valence-electron chi connectivity index (χ2n) is 6.22. The molecule has 0 aliphatic heterocycles. The van der Waals surface area contributed by atoms with Gasteiger partial charge in [-0.05, 0) is 48.9 Å². The fourth-order valence-corrected chi connectivity index (χ4v) is 2.69. The number of halogens is 1. The standard InChI is InChI=1S/C22H21ClN6/c1-4-6-16(2)15-26-29(3)21-13-17(9-11-24-21)20-10-12-25-22(28-20)27-19-8-5-7-18(23)14-19/h4-15H,1H2,2-3H3,(H,25,27,28)/b16-6+,26-15+. The van der Waals surface area contributed by atoms with Crippen LogP contribution in [0.25, 0.3) is 11.3 Å². The number of nitrogens with one attached hydrogen (secondary N) is 1. The summed E-state index contributed by atoms with van der Waals surface area (Å²) < 4.78 is 0. The van der Waals surface area contributed by atoms with Crippen molar-refractivity contribution in [1.82, 2.24) is 15.0 Å². The van der Waals surface area contributed by atoms with Gasteiger partial charge in [-0.1, -0.05) is 36.4 Å². The van der Waals surface area contributed by atoms with E-state index in [0.29, 0.717) is 16.8 Å². The highest BCUT2D eigenvalue weighted by molar-refractivity contribution is 6.30. The zero-order valence-electron chi connectivity index (χ0n) is 16.2. The molecule has 0 aliphatic rings. The number of hydrazone groups is 1. The van der Waals surface area contributed by atoms with Gasteiger partial charge in [0, 0.05) is 35.7 Å². The predicted molar refractivity (Wildman–Crippen MR) is 121 cm³/mol. The van der Waals surface area contributed by atoms with Crippen molar-refractivity contribution in [2.75, 3.05) is 17.4 Å². The molecule has 0 fully saturated rings. The highest BCUT2D eigenvalue weighted by atomic mass is 35.5. The maximum atomic E-state index is 6.04. The summed E-state index contributed by atoms with van der Waals surface area (Å²) in [5.41, 5.74) is 3.50. The fourth-order valence-electron chi connectivity index (χ4n) is 2.50. The zero-order chi connectivity index (χ0) is 20.6. The van der Waals surface area contributed by atoms with Crippen molar-refractivity contribution in [3.63, 3.8) is 0 Å². The molecule has 1 aromatic carbocycles. The maximum Gasteiger partial charge on any atom is 0.227 e. The Kier molecular flexibility index (Phi) is 6.71. The van der Waals surface area contributed by atoms with E-state index in [1.54, 1.807) is 29.7 Å². The second-order valence-corrected chi connectivity index (χ2v) is 6.65. The van der Waals surface area contributed by atoms with E-state index in [-0.39, 0.29) is 0 Å². The number of rotatable bonds is 7. The number of aromatic nitrogens is 3. The largest absolute Gasteiger partial charge is 0.324 e. The average Bonchev–Trinajstić information content (AvgIpc) is 2.72. The summed E-state index contributed by atoms with van der Waals surface area (Å²) in [5.74, 6) is 1.19. The van der Waals surface area contributed by atoms with Crippen LogP contribution in [-0.2, 0) is 0 Å². The predicted octanol–water partition coefficient (Wildman–Crippen LogP) is 5.49. The lowest BCUT2D eigenvalue weighted by atomic mass is 10.2. The summed E-state index contributed by atoms with van der Waals surface area (Å²) in [5, 5.41) is 9.92. The van der Waals surface area contributed by atoms with E-state index < -0.39 is 0 Å². The van der Waals surface area contributed by atoms with Gasteiger partial charge in [0.25, 0.3) is 0 Å². The lowest BCUT2D eigenvalue weighted by molar-refractivity contribution is 0.982. The molecule has 3 rings (SSSR count). The van der Waals surface area contributed by atoms with Crippen molar-refractivity contribution in [3.8, 4) is 11.3 Å². The summed E-state index contributed by atoms with van der Waals surface area (Å²) in [7, 11) is 1.84. The number of pyridine rings is 1. The minimum Gasteiger partial charge on any atom is -0.324 e. The first kappa shape index (κ1) is 20.2. The van der Waals surface area contributed by atoms with Crippen LogP contribution >= 0.6 is 11.6 Å². The first-order chi connectivity index (χ1) is 14.0. The van der Waals surface area contributed by atoms with Gasteiger partial charge < -0.3 is 5.32 Å². The minimum atomic E-state index is 0.486. The molecule has 1 N–H and O–H groups in total. The van der Waals surface area contributed by atoms with Crippen LogP contribution in [0.1, 0.15) is 6.92 Å². The van der Waals surface area contributed by atoms with Crippen LogP contribution in [0.2, 0.25) is 5.02 Å². The Hall–Kier alpha value is -3.51. The zero-order valence-corrected chi connectivity index (χ0v) is 17.0. The van der Waals surface area contributed by atoms with Gasteiger partial charge in [-0.3, -0.25) is 5.01 Å². The second kappa shape index (κ2) is 9.61. The number of benzene rings is 1. The van der Waals surface area contributed by atoms with Gasteiger partial charge in [0.15, 0.2) is 0 Å². The summed E-state index contributed by atoms with van der Waals surface area (Å²) >= 11 is 6.04. The third kappa shape index (κ3) is 5.73. The van der Waals surface area contributed by atoms with Gasteiger partial charge in [0.1, 0.15) is 5.82 Å². The molecule has 6 nitrogen and oxygen atoms in total. The molecule has 146 valence electrons. The van der Waals surface area contributed by atoms with E-state index in [4.69, 9.17) is 11.6 Å². The van der Waals surface area contributed by atoms with E-state index >= 15 is 0 Å². The van der Waals surface area contributed by atoms with E-state index in [0.717, 1.165) is 22.5 Å². The molecule has 0 atom stereocenters. The first-order valence-corrected chi connectivity index (χ1v) is 9.32. The van der Waals surface area contributed by atoms with Crippen LogP contribution in [0.5, 0.6) is 0 Å². The SMILES string of the molecule is C=C/C=C(C)/C=N/N(C)c1cc(-c2ccnc(Nc3cccc(Cl)c3)n2)ccn1. The normalized spacial score (nSPS) is 11.5. The Balaban J connectivity index is 1.81. The van der Waals surface area contributed by atoms with Crippen molar-refractivity contribution in [2.24, 2.45) is 5.10 Å². The van der Waals surface area contributed by atoms with Crippen LogP contribution in [-0.4, -0.2) is 28.2 Å². The van der Waals surface area contributed by atoms with Crippen molar-refractivity contribution >= 4 is 35.3 Å². The van der Waals surface area contributed by atoms with E-state index in [1.807, 2.05) is 62.5 Å². The van der Waals surface area contributed by atoms with Crippen molar-refractivity contribution < 1.29 is 0 Å². The maximum absolute atomic E-state index is 6.04. The molecule has 3 aromatic rings. The molecule has 0 unspecified atom stereocenters. The Morgan fingerprint density at radius 1 is 1.17 bits per heavy atom. The molecular weight excluding hydrogens is 384 g/mol. The minimum absolute atomic E-state index is 0.486. The Bertz CT molecular complexity index is 1060. The Labute approximate surface area is 175 Å². The molecular formula is C22H21ClN6. The highest BCUT2D eigenvalue weighted by Crippen LogP contribution is 2.23. The van der Waals surface area contributed by atoms with Crippen molar-refractivity contribution in [2.45, 2.75) is 6.92 Å². The van der Waals surface area contributed by atoms with Gasteiger partial charge in [-0.15, -0.1) is 0 Å². The van der Waals surface area contributed by atoms with Crippen molar-refractivity contribution in [3.05, 3.63) is 84.2 Å². The van der Waals surface area contributed by atoms with E-state index in [9.17, 15) is 0 Å². The summed E-state index contributed by atoms with van der Waals surface area (Å²) in [6.07, 6.45) is 8.81. The van der Waals surface area contributed by atoms with Gasteiger partial charge in [0.2, 0.25) is 5.95 Å². The topological polar surface area (TPSA) is 66.3 Å². The summed E-state index contributed by atoms with van der Waals surface area (Å²) in [6, 6.07) is 13.1. The van der Waals surface area contributed by atoms with Gasteiger partial charge in [0.05, 0.1) is 11.9 Å². The molecule has 0 radical (unpaired) electrons. The molecule has 0 aliphatic carbocycles. The van der Waals surface area contributed by atoms with E-state index in [2.05, 4.69) is 31.9 Å². The third-order valence-corrected chi connectivity index (χ3v) is 4.16. The molecule has 0 spiro atoms. The van der Waals surface area contributed by atoms with Crippen LogP contribution in [0.3, 0.4) is 0 Å². The monoisotopic (exact) mass is 404 g/mol. The molecule has 7 heteroatoms. The molecule has 2 aromatic heterocycles. The first-order valence-electron chi connectivity index (χ1n) is 8.94. The average molecular weight is 405 g/mol. The van der Waals surface area contributed by atoms with E-state index in [1.165, 1.54) is 0 Å². The Morgan fingerprint density at radius 3 is 2.79 bits per heavy atom. The van der Waals surface area contributed by atoms with Crippen LogP contribution in [0.4, 0.5) is 17.5 Å².